The van der Waals surface area contributed by atoms with Crippen molar-refractivity contribution >= 4 is 39.6 Å². The zero-order valence-corrected chi connectivity index (χ0v) is 23.4. The summed E-state index contributed by atoms with van der Waals surface area (Å²) in [5.41, 5.74) is 0.736. The molecule has 0 saturated carbocycles. The molecule has 226 valence electrons. The van der Waals surface area contributed by atoms with E-state index >= 15 is 0 Å². The van der Waals surface area contributed by atoms with Gasteiger partial charge < -0.3 is 15.7 Å². The van der Waals surface area contributed by atoms with Gasteiger partial charge in [-0.1, -0.05) is 18.2 Å². The number of nitrogens with one attached hydrogen (secondary N) is 2. The quantitative estimate of drug-likeness (QED) is 0.153. The second-order valence-electron chi connectivity index (χ2n) is 10.0. The maximum Gasteiger partial charge on any atom is 0.416 e. The zero-order valence-electron chi connectivity index (χ0n) is 22.6. The van der Waals surface area contributed by atoms with Gasteiger partial charge >= 0.3 is 12.4 Å². The topological polar surface area (TPSA) is 113 Å². The summed E-state index contributed by atoms with van der Waals surface area (Å²) in [4.78, 5) is 29.3. The molecular formula is C28H24F6N6O2S. The Labute approximate surface area is 244 Å². The van der Waals surface area contributed by atoms with E-state index in [2.05, 4.69) is 30.6 Å². The van der Waals surface area contributed by atoms with Crippen LogP contribution < -0.4 is 10.6 Å². The van der Waals surface area contributed by atoms with Gasteiger partial charge in [-0.3, -0.25) is 9.78 Å². The van der Waals surface area contributed by atoms with Gasteiger partial charge in [0.25, 0.3) is 0 Å². The number of hydrogen-bond acceptors (Lipinski definition) is 9. The molecule has 3 atom stereocenters. The molecule has 15 heteroatoms. The molecule has 0 radical (unpaired) electrons. The molecule has 0 amide bonds. The summed E-state index contributed by atoms with van der Waals surface area (Å²) in [6.07, 6.45) is -5.42. The van der Waals surface area contributed by atoms with Crippen molar-refractivity contribution in [2.75, 3.05) is 17.2 Å². The van der Waals surface area contributed by atoms with Crippen molar-refractivity contribution in [2.24, 2.45) is 5.92 Å². The third-order valence-corrected chi connectivity index (χ3v) is 8.05. The van der Waals surface area contributed by atoms with E-state index in [-0.39, 0.29) is 24.0 Å². The second-order valence-corrected chi connectivity index (χ2v) is 11.0. The van der Waals surface area contributed by atoms with Gasteiger partial charge in [-0.05, 0) is 44.0 Å². The molecule has 1 aliphatic rings. The third-order valence-electron chi connectivity index (χ3n) is 7.02. The Morgan fingerprint density at radius 2 is 1.77 bits per heavy atom. The van der Waals surface area contributed by atoms with E-state index in [9.17, 15) is 36.2 Å². The Balaban J connectivity index is 1.58. The standard InChI is InChI=1S/C28H24F6N6O2S/c1-13-21(25-38-22-14(2)35-8-7-20(22)43-25)24(37-19-10-15(11-41)9-17(19)12-42)40-26(36-13)39-23(28(32,33)34)16-3-5-18(6-4-16)27(29,30)31/h3-9,12,15,19,23,41H,10-11H2,1-2H3,(H2,36,37,39,40). The predicted molar refractivity (Wildman–Crippen MR) is 149 cm³/mol. The van der Waals surface area contributed by atoms with E-state index in [1.54, 1.807) is 32.2 Å². The summed E-state index contributed by atoms with van der Waals surface area (Å²) < 4.78 is 82.4. The highest BCUT2D eigenvalue weighted by Gasteiger charge is 2.42. The fourth-order valence-corrected chi connectivity index (χ4v) is 6.00. The van der Waals surface area contributed by atoms with Gasteiger partial charge in [0.1, 0.15) is 22.6 Å². The summed E-state index contributed by atoms with van der Waals surface area (Å²) in [5, 5.41) is 15.5. The van der Waals surface area contributed by atoms with Crippen molar-refractivity contribution in [2.45, 2.75) is 44.7 Å². The number of halogens is 6. The van der Waals surface area contributed by atoms with Crippen molar-refractivity contribution in [3.05, 3.63) is 70.7 Å². The number of hydrogen-bond donors (Lipinski definition) is 3. The highest BCUT2D eigenvalue weighted by atomic mass is 32.1. The lowest BCUT2D eigenvalue weighted by molar-refractivity contribution is -0.144. The molecule has 3 unspecified atom stereocenters. The molecule has 0 bridgehead atoms. The Kier molecular flexibility index (Phi) is 8.13. The smallest absolute Gasteiger partial charge is 0.396 e. The van der Waals surface area contributed by atoms with Crippen molar-refractivity contribution in [1.82, 2.24) is 19.9 Å². The van der Waals surface area contributed by atoms with Gasteiger partial charge in [-0.25, -0.2) is 9.97 Å². The number of thiazole rings is 1. The number of aromatic nitrogens is 4. The number of aliphatic hydroxyl groups excluding tert-OH is 1. The fraction of sp³-hybridized carbons (Fsp3) is 0.321. The molecule has 3 heterocycles. The minimum absolute atomic E-state index is 0.0874. The molecule has 0 aliphatic heterocycles. The zero-order chi connectivity index (χ0) is 31.1. The van der Waals surface area contributed by atoms with Gasteiger partial charge in [-0.15, -0.1) is 11.3 Å². The van der Waals surface area contributed by atoms with E-state index in [0.29, 0.717) is 52.2 Å². The van der Waals surface area contributed by atoms with Gasteiger partial charge in [0.2, 0.25) is 5.95 Å². The molecule has 3 aromatic heterocycles. The molecule has 0 spiro atoms. The highest BCUT2D eigenvalue weighted by molar-refractivity contribution is 7.21. The minimum Gasteiger partial charge on any atom is -0.396 e. The maximum absolute atomic E-state index is 14.2. The molecule has 0 saturated heterocycles. The summed E-state index contributed by atoms with van der Waals surface area (Å²) in [6, 6.07) is 1.39. The first-order chi connectivity index (χ1) is 20.3. The number of aryl methyl sites for hydroxylation is 2. The van der Waals surface area contributed by atoms with Crippen molar-refractivity contribution in [3.63, 3.8) is 0 Å². The number of pyridine rings is 1. The first-order valence-corrected chi connectivity index (χ1v) is 13.8. The van der Waals surface area contributed by atoms with Crippen LogP contribution >= 0.6 is 11.3 Å². The average molecular weight is 623 g/mol. The molecule has 1 aromatic carbocycles. The predicted octanol–water partition coefficient (Wildman–Crippen LogP) is 6.42. The molecular weight excluding hydrogens is 598 g/mol. The average Bonchev–Trinajstić information content (AvgIpc) is 3.55. The van der Waals surface area contributed by atoms with Crippen LogP contribution in [0.5, 0.6) is 0 Å². The third kappa shape index (κ3) is 6.32. The molecule has 1 aliphatic carbocycles. The van der Waals surface area contributed by atoms with Crippen molar-refractivity contribution < 1.29 is 36.2 Å². The number of carbonyl (C=O) groups is 1. The van der Waals surface area contributed by atoms with Crippen LogP contribution in [0.3, 0.4) is 0 Å². The van der Waals surface area contributed by atoms with Gasteiger partial charge in [0.15, 0.2) is 6.04 Å². The minimum atomic E-state index is -4.92. The molecule has 3 N–H and O–H groups in total. The van der Waals surface area contributed by atoms with E-state index in [0.717, 1.165) is 16.8 Å². The number of carbonyl (C=O) groups excluding carboxylic acids is 1. The molecule has 0 fully saturated rings. The molecule has 5 rings (SSSR count). The van der Waals surface area contributed by atoms with Crippen LogP contribution in [0.2, 0.25) is 0 Å². The second kappa shape index (κ2) is 11.5. The number of benzene rings is 1. The Bertz CT molecular complexity index is 1690. The van der Waals surface area contributed by atoms with Crippen LogP contribution in [0, 0.1) is 19.8 Å². The maximum atomic E-state index is 14.2. The summed E-state index contributed by atoms with van der Waals surface area (Å²) in [5.74, 6) is -0.672. The van der Waals surface area contributed by atoms with E-state index in [1.165, 1.54) is 11.3 Å². The largest absolute Gasteiger partial charge is 0.416 e. The first-order valence-electron chi connectivity index (χ1n) is 12.9. The normalized spacial score (nSPS) is 18.0. The summed E-state index contributed by atoms with van der Waals surface area (Å²) >= 11 is 1.30. The Morgan fingerprint density at radius 3 is 2.37 bits per heavy atom. The molecule has 8 nitrogen and oxygen atoms in total. The van der Waals surface area contributed by atoms with Gasteiger partial charge in [-0.2, -0.15) is 31.3 Å². The first kappa shape index (κ1) is 30.4. The van der Waals surface area contributed by atoms with Crippen LogP contribution in [-0.2, 0) is 11.0 Å². The summed E-state index contributed by atoms with van der Waals surface area (Å²) in [7, 11) is 0. The lowest BCUT2D eigenvalue weighted by atomic mass is 10.0. The number of alkyl halides is 6. The van der Waals surface area contributed by atoms with Gasteiger partial charge in [0.05, 0.1) is 33.3 Å². The highest BCUT2D eigenvalue weighted by Crippen LogP contribution is 2.40. The van der Waals surface area contributed by atoms with Crippen molar-refractivity contribution in [3.8, 4) is 10.6 Å². The fourth-order valence-electron chi connectivity index (χ4n) is 4.89. The summed E-state index contributed by atoms with van der Waals surface area (Å²) in [6.45, 7) is 3.14. The van der Waals surface area contributed by atoms with Crippen LogP contribution in [-0.4, -0.2) is 50.2 Å². The lowest BCUT2D eigenvalue weighted by Crippen LogP contribution is -2.29. The van der Waals surface area contributed by atoms with Crippen molar-refractivity contribution in [1.29, 1.82) is 0 Å². The SMILES string of the molecule is Cc1nc(NC(c2ccc(C(F)(F)F)cc2)C(F)(F)F)nc(NC2CC(CO)C=C2C=O)c1-c1nc2c(C)nccc2s1. The van der Waals surface area contributed by atoms with Gasteiger partial charge in [0, 0.05) is 24.3 Å². The Morgan fingerprint density at radius 1 is 1.05 bits per heavy atom. The molecule has 4 aromatic rings. The van der Waals surface area contributed by atoms with Crippen LogP contribution in [0.25, 0.3) is 20.8 Å². The number of aldehydes is 1. The number of fused-ring (bicyclic) bond motifs is 1. The number of anilines is 2. The number of rotatable bonds is 8. The van der Waals surface area contributed by atoms with E-state index in [4.69, 9.17) is 0 Å². The van der Waals surface area contributed by atoms with E-state index < -0.39 is 41.5 Å². The number of aliphatic hydroxyl groups is 1. The number of nitrogens with zero attached hydrogens (tertiary/aromatic N) is 4. The monoisotopic (exact) mass is 622 g/mol. The molecule has 43 heavy (non-hydrogen) atoms. The van der Waals surface area contributed by atoms with Crippen LogP contribution in [0.1, 0.15) is 35.0 Å². The lowest BCUT2D eigenvalue weighted by Gasteiger charge is -2.24. The Hall–Kier alpha value is -4.11. The van der Waals surface area contributed by atoms with Crippen LogP contribution in [0.4, 0.5) is 38.1 Å². The van der Waals surface area contributed by atoms with Crippen LogP contribution in [0.15, 0.2) is 48.2 Å². The van der Waals surface area contributed by atoms with E-state index in [1.807, 2.05) is 0 Å².